The molecule has 0 saturated carbocycles. The summed E-state index contributed by atoms with van der Waals surface area (Å²) in [4.78, 5) is 24.6. The van der Waals surface area contributed by atoms with Gasteiger partial charge in [0.2, 0.25) is 11.2 Å². The summed E-state index contributed by atoms with van der Waals surface area (Å²) >= 11 is 0. The lowest BCUT2D eigenvalue weighted by Crippen LogP contribution is -3.00. The molecule has 0 bridgehead atoms. The van der Waals surface area contributed by atoms with Crippen molar-refractivity contribution in [2.45, 2.75) is 39.5 Å². The molecule has 7 heteroatoms. The maximum absolute atomic E-state index is 11.2. The van der Waals surface area contributed by atoms with Crippen LogP contribution >= 0.6 is 0 Å². The van der Waals surface area contributed by atoms with Crippen molar-refractivity contribution >= 4 is 45.0 Å². The lowest BCUT2D eigenvalue weighted by molar-refractivity contribution is -0.632. The van der Waals surface area contributed by atoms with Crippen molar-refractivity contribution in [3.05, 3.63) is 65.7 Å². The van der Waals surface area contributed by atoms with Crippen molar-refractivity contribution in [1.82, 2.24) is 0 Å². The van der Waals surface area contributed by atoms with Crippen LogP contribution in [0.15, 0.2) is 54.6 Å². The number of carbonyl (C=O) groups excluding carboxylic acids is 2. The number of halogens is 1. The molecule has 198 valence electrons. The van der Waals surface area contributed by atoms with Gasteiger partial charge in [0.25, 0.3) is 0 Å². The number of nitrogens with zero attached hydrogens (tertiary/aromatic N) is 2. The molecule has 5 rings (SSSR count). The van der Waals surface area contributed by atoms with Crippen molar-refractivity contribution in [1.29, 1.82) is 0 Å². The summed E-state index contributed by atoms with van der Waals surface area (Å²) in [6, 6.07) is 19.8. The molecule has 0 saturated heterocycles. The number of pyridine rings is 1. The van der Waals surface area contributed by atoms with Crippen molar-refractivity contribution in [2.75, 3.05) is 25.2 Å². The third-order valence-corrected chi connectivity index (χ3v) is 7.17. The van der Waals surface area contributed by atoms with Crippen LogP contribution in [0.2, 0.25) is 0 Å². The maximum Gasteiger partial charge on any atom is 0.302 e. The molecule has 1 aliphatic rings. The van der Waals surface area contributed by atoms with E-state index in [1.54, 1.807) is 0 Å². The molecule has 2 heterocycles. The second kappa shape index (κ2) is 11.7. The number of carbonyl (C=O) groups is 2. The van der Waals surface area contributed by atoms with Gasteiger partial charge in [-0.15, -0.1) is 0 Å². The normalized spacial score (nSPS) is 11.7. The highest BCUT2D eigenvalue weighted by Gasteiger charge is 2.31. The number of esters is 2. The van der Waals surface area contributed by atoms with E-state index in [1.807, 2.05) is 0 Å². The Balaban J connectivity index is 0.00000336. The van der Waals surface area contributed by atoms with E-state index in [9.17, 15) is 9.59 Å². The minimum Gasteiger partial charge on any atom is -1.00 e. The minimum atomic E-state index is -0.241. The second-order valence-electron chi connectivity index (χ2n) is 9.76. The van der Waals surface area contributed by atoms with E-state index in [1.165, 1.54) is 69.3 Å². The highest BCUT2D eigenvalue weighted by molar-refractivity contribution is 6.17. The van der Waals surface area contributed by atoms with Crippen molar-refractivity contribution in [3.63, 3.8) is 0 Å². The minimum absolute atomic E-state index is 0. The number of rotatable bonds is 8. The van der Waals surface area contributed by atoms with Gasteiger partial charge in [-0.05, 0) is 67.1 Å². The van der Waals surface area contributed by atoms with Crippen LogP contribution in [0.25, 0.3) is 32.9 Å². The SMILES string of the molecule is CC(=O)OCCCc1cc2c3c([n+](C)c4ccc(CCCOC(C)=O)cc4c3c1)-c1ccccc1N2C.[I-]. The van der Waals surface area contributed by atoms with E-state index in [0.29, 0.717) is 13.2 Å². The molecule has 1 aromatic heterocycles. The van der Waals surface area contributed by atoms with Crippen molar-refractivity contribution in [2.24, 2.45) is 7.05 Å². The predicted molar refractivity (Wildman–Crippen MR) is 146 cm³/mol. The van der Waals surface area contributed by atoms with E-state index in [-0.39, 0.29) is 35.9 Å². The first kappa shape index (κ1) is 27.8. The fourth-order valence-corrected chi connectivity index (χ4v) is 5.49. The molecule has 0 atom stereocenters. The number of aryl methyl sites for hydroxylation is 3. The Morgan fingerprint density at radius 3 is 2.13 bits per heavy atom. The van der Waals surface area contributed by atoms with E-state index in [4.69, 9.17) is 9.47 Å². The Morgan fingerprint density at radius 1 is 0.816 bits per heavy atom. The van der Waals surface area contributed by atoms with Gasteiger partial charge in [0.05, 0.1) is 40.9 Å². The summed E-state index contributed by atoms with van der Waals surface area (Å²) < 4.78 is 12.6. The van der Waals surface area contributed by atoms with Crippen LogP contribution in [0, 0.1) is 0 Å². The van der Waals surface area contributed by atoms with Crippen LogP contribution in [0.3, 0.4) is 0 Å². The van der Waals surface area contributed by atoms with E-state index in [2.05, 4.69) is 78.2 Å². The van der Waals surface area contributed by atoms with E-state index >= 15 is 0 Å². The summed E-state index contributed by atoms with van der Waals surface area (Å²) in [5.74, 6) is -0.481. The number of hydrogen-bond acceptors (Lipinski definition) is 5. The molecule has 0 N–H and O–H groups in total. The monoisotopic (exact) mass is 624 g/mol. The Morgan fingerprint density at radius 2 is 1.45 bits per heavy atom. The Bertz CT molecular complexity index is 1530. The molecule has 0 aliphatic carbocycles. The molecule has 6 nitrogen and oxygen atoms in total. The molecule has 3 aromatic carbocycles. The number of aromatic nitrogens is 1. The largest absolute Gasteiger partial charge is 1.00 e. The van der Waals surface area contributed by atoms with Crippen LogP contribution in [-0.2, 0) is 39.0 Å². The van der Waals surface area contributed by atoms with Gasteiger partial charge in [0.15, 0.2) is 0 Å². The fraction of sp³-hybridized carbons (Fsp3) is 0.323. The number of anilines is 2. The van der Waals surface area contributed by atoms with Gasteiger partial charge in [-0.2, -0.15) is 4.57 Å². The molecule has 0 unspecified atom stereocenters. The molecule has 0 amide bonds. The third kappa shape index (κ3) is 5.34. The van der Waals surface area contributed by atoms with Gasteiger partial charge in [-0.25, -0.2) is 0 Å². The van der Waals surface area contributed by atoms with E-state index in [0.717, 1.165) is 25.7 Å². The third-order valence-electron chi connectivity index (χ3n) is 7.17. The number of benzene rings is 3. The van der Waals surface area contributed by atoms with Gasteiger partial charge >= 0.3 is 11.9 Å². The maximum atomic E-state index is 11.2. The van der Waals surface area contributed by atoms with Crippen LogP contribution in [-0.4, -0.2) is 32.2 Å². The number of hydrogen-bond donors (Lipinski definition) is 0. The fourth-order valence-electron chi connectivity index (χ4n) is 5.49. The first-order valence-electron chi connectivity index (χ1n) is 12.9. The van der Waals surface area contributed by atoms with Crippen molar-refractivity contribution < 1.29 is 47.6 Å². The van der Waals surface area contributed by atoms with Gasteiger partial charge < -0.3 is 38.4 Å². The average Bonchev–Trinajstić information content (AvgIpc) is 2.88. The van der Waals surface area contributed by atoms with Gasteiger partial charge in [0, 0.05) is 32.3 Å². The molecule has 0 fully saturated rings. The zero-order valence-corrected chi connectivity index (χ0v) is 24.5. The molecular weight excluding hydrogens is 591 g/mol. The van der Waals surface area contributed by atoms with Crippen LogP contribution in [0.1, 0.15) is 37.8 Å². The summed E-state index contributed by atoms with van der Waals surface area (Å²) in [6.07, 6.45) is 3.23. The standard InChI is InChI=1S/C31H33N2O4.HI/c1-20(34)36-15-7-9-22-13-14-28-25(17-22)26-18-23(10-8-16-37-21(2)35)19-29-30(26)31(33(28)4)24-11-5-6-12-27(24)32(29)3;/h5-6,11-14,17-19H,7-10,15-16H2,1-4H3;1H/q+1;/p-1. The summed E-state index contributed by atoms with van der Waals surface area (Å²) in [5, 5.41) is 3.69. The second-order valence-corrected chi connectivity index (χ2v) is 9.76. The zero-order valence-electron chi connectivity index (χ0n) is 22.3. The molecule has 4 aromatic rings. The molecule has 0 radical (unpaired) electrons. The zero-order chi connectivity index (χ0) is 26.1. The quantitative estimate of drug-likeness (QED) is 0.0993. The summed E-state index contributed by atoms with van der Waals surface area (Å²) in [5.41, 5.74) is 8.44. The first-order valence-corrected chi connectivity index (χ1v) is 12.9. The molecule has 0 spiro atoms. The Labute approximate surface area is 240 Å². The number of para-hydroxylation sites is 1. The van der Waals surface area contributed by atoms with Gasteiger partial charge in [0.1, 0.15) is 7.05 Å². The van der Waals surface area contributed by atoms with Crippen LogP contribution in [0.4, 0.5) is 11.4 Å². The molecular formula is C31H33IN2O4. The summed E-state index contributed by atoms with van der Waals surface area (Å²) in [6.45, 7) is 3.74. The Hall–Kier alpha value is -3.20. The number of fused-ring (bicyclic) bond motifs is 4. The van der Waals surface area contributed by atoms with Gasteiger partial charge in [-0.1, -0.05) is 18.2 Å². The highest BCUT2D eigenvalue weighted by Crippen LogP contribution is 2.47. The number of ether oxygens (including phenoxy) is 2. The molecule has 38 heavy (non-hydrogen) atoms. The topological polar surface area (TPSA) is 59.7 Å². The van der Waals surface area contributed by atoms with Crippen LogP contribution < -0.4 is 33.4 Å². The molecule has 1 aliphatic heterocycles. The Kier molecular flexibility index (Phi) is 8.55. The van der Waals surface area contributed by atoms with Crippen LogP contribution in [0.5, 0.6) is 0 Å². The first-order chi connectivity index (χ1) is 17.8. The smallest absolute Gasteiger partial charge is 0.302 e. The van der Waals surface area contributed by atoms with Crippen molar-refractivity contribution in [3.8, 4) is 11.3 Å². The average molecular weight is 625 g/mol. The predicted octanol–water partition coefficient (Wildman–Crippen LogP) is 2.56. The lowest BCUT2D eigenvalue weighted by atomic mass is 9.90. The summed E-state index contributed by atoms with van der Waals surface area (Å²) in [7, 11) is 4.28. The lowest BCUT2D eigenvalue weighted by Gasteiger charge is -2.29. The van der Waals surface area contributed by atoms with E-state index < -0.39 is 0 Å². The highest BCUT2D eigenvalue weighted by atomic mass is 127. The van der Waals surface area contributed by atoms with Gasteiger partial charge in [-0.3, -0.25) is 9.59 Å².